The summed E-state index contributed by atoms with van der Waals surface area (Å²) in [6.45, 7) is 2.81. The zero-order valence-electron chi connectivity index (χ0n) is 17.3. The number of rotatable bonds is 6. The maximum absolute atomic E-state index is 13.1. The van der Waals surface area contributed by atoms with E-state index in [9.17, 15) is 26.4 Å². The molecule has 1 aliphatic rings. The highest BCUT2D eigenvalue weighted by Gasteiger charge is 2.35. The van der Waals surface area contributed by atoms with Gasteiger partial charge in [-0.05, 0) is 48.6 Å². The smallest absolute Gasteiger partial charge is 0.406 e. The molecule has 10 heteroatoms. The average molecular weight is 459 g/mol. The van der Waals surface area contributed by atoms with Gasteiger partial charge < -0.3 is 9.32 Å². The van der Waals surface area contributed by atoms with E-state index in [1.807, 2.05) is 13.8 Å². The lowest BCUT2D eigenvalue weighted by atomic mass is 9.94. The molecule has 1 saturated heterocycles. The highest BCUT2D eigenvalue weighted by molar-refractivity contribution is 7.89. The molecule has 0 aliphatic carbocycles. The number of alkyl halides is 3. The van der Waals surface area contributed by atoms with Crippen LogP contribution in [0.15, 0.2) is 52.0 Å². The van der Waals surface area contributed by atoms with Crippen molar-refractivity contribution in [2.24, 2.45) is 11.8 Å². The Hall–Kier alpha value is -2.33. The first-order chi connectivity index (χ1) is 14.5. The minimum Gasteiger partial charge on any atom is -0.467 e. The molecule has 3 rings (SSSR count). The van der Waals surface area contributed by atoms with Crippen molar-refractivity contribution >= 4 is 15.9 Å². The average Bonchev–Trinajstić information content (AvgIpc) is 3.18. The largest absolute Gasteiger partial charge is 0.467 e. The van der Waals surface area contributed by atoms with E-state index in [0.29, 0.717) is 18.0 Å². The highest BCUT2D eigenvalue weighted by atomic mass is 32.2. The second kappa shape index (κ2) is 9.04. The van der Waals surface area contributed by atoms with Crippen molar-refractivity contribution < 1.29 is 30.8 Å². The summed E-state index contributed by atoms with van der Waals surface area (Å²) in [6.07, 6.45) is -2.39. The van der Waals surface area contributed by atoms with Crippen molar-refractivity contribution in [1.29, 1.82) is 0 Å². The van der Waals surface area contributed by atoms with E-state index in [1.165, 1.54) is 40.9 Å². The molecule has 1 fully saturated rings. The fourth-order valence-corrected chi connectivity index (χ4v) is 5.66. The molecule has 6 nitrogen and oxygen atoms in total. The van der Waals surface area contributed by atoms with Crippen LogP contribution in [0.5, 0.6) is 0 Å². The third-order valence-electron chi connectivity index (χ3n) is 5.14. The second-order valence-electron chi connectivity index (χ2n) is 8.15. The number of nitrogens with zero attached hydrogens (tertiary/aromatic N) is 2. The molecule has 2 aromatic rings. The number of halogens is 3. The lowest BCUT2D eigenvalue weighted by Gasteiger charge is -2.34. The lowest BCUT2D eigenvalue weighted by molar-refractivity contribution is -0.142. The maximum atomic E-state index is 13.1. The molecule has 1 aliphatic heterocycles. The van der Waals surface area contributed by atoms with Crippen molar-refractivity contribution in [3.05, 3.63) is 54.0 Å². The lowest BCUT2D eigenvalue weighted by Crippen LogP contribution is -2.42. The SMILES string of the molecule is CC1CC(C)CN(S(=O)(=O)c2cccc(C(=O)N(Cc3ccco3)CC(F)(F)F)c2)C1. The van der Waals surface area contributed by atoms with Crippen molar-refractivity contribution in [3.8, 4) is 0 Å². The van der Waals surface area contributed by atoms with Crippen LogP contribution >= 0.6 is 0 Å². The van der Waals surface area contributed by atoms with Gasteiger partial charge in [-0.1, -0.05) is 19.9 Å². The molecule has 0 bridgehead atoms. The number of sulfonamides is 1. The van der Waals surface area contributed by atoms with Crippen LogP contribution in [0.4, 0.5) is 13.2 Å². The zero-order chi connectivity index (χ0) is 22.8. The monoisotopic (exact) mass is 458 g/mol. The van der Waals surface area contributed by atoms with Crippen LogP contribution in [0.3, 0.4) is 0 Å². The number of carbonyl (C=O) groups is 1. The van der Waals surface area contributed by atoms with E-state index >= 15 is 0 Å². The van der Waals surface area contributed by atoms with E-state index in [4.69, 9.17) is 4.42 Å². The van der Waals surface area contributed by atoms with Crippen molar-refractivity contribution in [2.75, 3.05) is 19.6 Å². The summed E-state index contributed by atoms with van der Waals surface area (Å²) in [6, 6.07) is 8.17. The van der Waals surface area contributed by atoms with Crippen LogP contribution in [0, 0.1) is 11.8 Å². The molecule has 0 radical (unpaired) electrons. The molecular weight excluding hydrogens is 433 g/mol. The van der Waals surface area contributed by atoms with E-state index < -0.39 is 28.7 Å². The van der Waals surface area contributed by atoms with Crippen LogP contribution in [0.25, 0.3) is 0 Å². The summed E-state index contributed by atoms with van der Waals surface area (Å²) in [4.78, 5) is 13.4. The fraction of sp³-hybridized carbons (Fsp3) is 0.476. The molecule has 2 atom stereocenters. The molecule has 0 saturated carbocycles. The molecule has 0 N–H and O–H groups in total. The minimum atomic E-state index is -4.62. The van der Waals surface area contributed by atoms with Crippen LogP contribution in [0.1, 0.15) is 36.4 Å². The van der Waals surface area contributed by atoms with E-state index in [-0.39, 0.29) is 34.6 Å². The quantitative estimate of drug-likeness (QED) is 0.652. The van der Waals surface area contributed by atoms with Gasteiger partial charge in [0.15, 0.2) is 0 Å². The van der Waals surface area contributed by atoms with E-state index in [2.05, 4.69) is 0 Å². The van der Waals surface area contributed by atoms with Gasteiger partial charge in [0.2, 0.25) is 10.0 Å². The minimum absolute atomic E-state index is 0.107. The van der Waals surface area contributed by atoms with Crippen molar-refractivity contribution in [1.82, 2.24) is 9.21 Å². The molecule has 1 aromatic carbocycles. The number of hydrogen-bond donors (Lipinski definition) is 0. The number of benzene rings is 1. The second-order valence-corrected chi connectivity index (χ2v) is 10.1. The van der Waals surface area contributed by atoms with Gasteiger partial charge in [0.1, 0.15) is 12.3 Å². The first-order valence-electron chi connectivity index (χ1n) is 9.94. The van der Waals surface area contributed by atoms with Gasteiger partial charge >= 0.3 is 6.18 Å². The zero-order valence-corrected chi connectivity index (χ0v) is 18.1. The van der Waals surface area contributed by atoms with Gasteiger partial charge in [-0.15, -0.1) is 0 Å². The molecule has 2 unspecified atom stereocenters. The standard InChI is InChI=1S/C21H25F3N2O4S/c1-15-9-16(2)12-26(11-15)31(28,29)19-7-3-5-17(10-19)20(27)25(14-21(22,23)24)13-18-6-4-8-30-18/h3-8,10,15-16H,9,11-14H2,1-2H3. The summed E-state index contributed by atoms with van der Waals surface area (Å²) in [5.41, 5.74) is -0.130. The van der Waals surface area contributed by atoms with Gasteiger partial charge in [0, 0.05) is 18.7 Å². The van der Waals surface area contributed by atoms with Gasteiger partial charge in [0.25, 0.3) is 5.91 Å². The van der Waals surface area contributed by atoms with Crippen LogP contribution < -0.4 is 0 Å². The van der Waals surface area contributed by atoms with Crippen LogP contribution in [0.2, 0.25) is 0 Å². The Morgan fingerprint density at radius 2 is 1.84 bits per heavy atom. The van der Waals surface area contributed by atoms with Crippen molar-refractivity contribution in [2.45, 2.75) is 37.9 Å². The Labute approximate surface area is 179 Å². The fourth-order valence-electron chi connectivity index (χ4n) is 3.93. The Bertz CT molecular complexity index is 996. The predicted molar refractivity (Wildman–Crippen MR) is 108 cm³/mol. The Morgan fingerprint density at radius 3 is 2.42 bits per heavy atom. The summed E-state index contributed by atoms with van der Waals surface area (Å²) < 4.78 is 71.9. The van der Waals surface area contributed by atoms with Crippen LogP contribution in [-0.2, 0) is 16.6 Å². The Kier molecular flexibility index (Phi) is 6.80. The highest BCUT2D eigenvalue weighted by Crippen LogP contribution is 2.27. The topological polar surface area (TPSA) is 70.8 Å². The van der Waals surface area contributed by atoms with Crippen molar-refractivity contribution in [3.63, 3.8) is 0 Å². The summed E-state index contributed by atoms with van der Waals surface area (Å²) in [5.74, 6) is -0.346. The summed E-state index contributed by atoms with van der Waals surface area (Å²) in [5, 5.41) is 0. The summed E-state index contributed by atoms with van der Waals surface area (Å²) in [7, 11) is -3.87. The molecule has 31 heavy (non-hydrogen) atoms. The normalized spacial score (nSPS) is 20.5. The van der Waals surface area contributed by atoms with Gasteiger partial charge in [-0.2, -0.15) is 17.5 Å². The number of carbonyl (C=O) groups excluding carboxylic acids is 1. The number of amides is 1. The Balaban J connectivity index is 1.88. The molecule has 2 heterocycles. The van der Waals surface area contributed by atoms with Gasteiger partial charge in [-0.25, -0.2) is 8.42 Å². The maximum Gasteiger partial charge on any atom is 0.406 e. The van der Waals surface area contributed by atoms with E-state index in [0.717, 1.165) is 12.5 Å². The molecule has 170 valence electrons. The molecule has 1 aromatic heterocycles. The Morgan fingerprint density at radius 1 is 1.16 bits per heavy atom. The first-order valence-corrected chi connectivity index (χ1v) is 11.4. The summed E-state index contributed by atoms with van der Waals surface area (Å²) >= 11 is 0. The predicted octanol–water partition coefficient (Wildman–Crippen LogP) is 4.15. The van der Waals surface area contributed by atoms with Gasteiger partial charge in [-0.3, -0.25) is 4.79 Å². The van der Waals surface area contributed by atoms with E-state index in [1.54, 1.807) is 0 Å². The first kappa shape index (κ1) is 23.3. The molecule has 0 spiro atoms. The molecular formula is C21H25F3N2O4S. The van der Waals surface area contributed by atoms with Gasteiger partial charge in [0.05, 0.1) is 17.7 Å². The number of piperidine rings is 1. The van der Waals surface area contributed by atoms with Crippen LogP contribution in [-0.4, -0.2) is 49.3 Å². The third-order valence-corrected chi connectivity index (χ3v) is 6.97. The molecule has 1 amide bonds. The third kappa shape index (κ3) is 5.88. The number of hydrogen-bond acceptors (Lipinski definition) is 4. The number of furan rings is 1.